The van der Waals surface area contributed by atoms with Crippen LogP contribution in [0.3, 0.4) is 0 Å². The van der Waals surface area contributed by atoms with Crippen LogP contribution >= 0.6 is 23.2 Å². The highest BCUT2D eigenvalue weighted by molar-refractivity contribution is 6.35. The molecule has 0 radical (unpaired) electrons. The van der Waals surface area contributed by atoms with Gasteiger partial charge in [0.2, 0.25) is 0 Å². The van der Waals surface area contributed by atoms with Crippen LogP contribution in [0.2, 0.25) is 10.0 Å². The molecule has 0 atom stereocenters. The highest BCUT2D eigenvalue weighted by Gasteiger charge is 2.20. The number of halogens is 2. The van der Waals surface area contributed by atoms with Crippen LogP contribution in [0.4, 0.5) is 10.5 Å². The lowest BCUT2D eigenvalue weighted by Crippen LogP contribution is -2.36. The second kappa shape index (κ2) is 11.9. The van der Waals surface area contributed by atoms with Gasteiger partial charge in [-0.2, -0.15) is 0 Å². The number of fused-ring (bicyclic) bond motifs is 2. The van der Waals surface area contributed by atoms with Crippen molar-refractivity contribution in [2.24, 2.45) is 0 Å². The lowest BCUT2D eigenvalue weighted by molar-refractivity contribution is 0.210. The van der Waals surface area contributed by atoms with E-state index < -0.39 is 0 Å². The maximum Gasteiger partial charge on any atom is 0.322 e. The number of urea groups is 1. The lowest BCUT2D eigenvalue weighted by Gasteiger charge is -2.26. The van der Waals surface area contributed by atoms with Gasteiger partial charge in [-0.15, -0.1) is 0 Å². The summed E-state index contributed by atoms with van der Waals surface area (Å²) in [4.78, 5) is 15.7. The minimum absolute atomic E-state index is 0.249. The van der Waals surface area contributed by atoms with Crippen LogP contribution in [-0.2, 0) is 13.0 Å². The molecule has 1 N–H and O–H groups in total. The first kappa shape index (κ1) is 26.7. The van der Waals surface area contributed by atoms with E-state index in [4.69, 9.17) is 32.7 Å². The van der Waals surface area contributed by atoms with Crippen molar-refractivity contribution in [3.8, 4) is 11.5 Å². The van der Waals surface area contributed by atoms with Gasteiger partial charge in [-0.3, -0.25) is 0 Å². The second-order valence-electron chi connectivity index (χ2n) is 9.20. The van der Waals surface area contributed by atoms with Crippen LogP contribution in [0, 0.1) is 0 Å². The van der Waals surface area contributed by atoms with Gasteiger partial charge < -0.3 is 19.7 Å². The molecule has 0 saturated heterocycles. The number of nitrogens with one attached hydrogen (secondary N) is 1. The fraction of sp³-hybridized carbons (Fsp3) is 0.156. The van der Waals surface area contributed by atoms with Crippen molar-refractivity contribution in [1.82, 2.24) is 4.90 Å². The van der Waals surface area contributed by atoms with Gasteiger partial charge in [-0.25, -0.2) is 4.79 Å². The Balaban J connectivity index is 1.52. The SMILES string of the molecule is COc1ccc(NC(=O)N(CCc2ccc(Cl)cc2Cl)Cc2c3ccccc3cc3ccccc23)c(OC)c1. The predicted molar refractivity (Wildman–Crippen MR) is 161 cm³/mol. The Morgan fingerprint density at radius 1 is 0.821 bits per heavy atom. The van der Waals surface area contributed by atoms with Crippen LogP contribution in [0.5, 0.6) is 11.5 Å². The molecule has 0 spiro atoms. The van der Waals surface area contributed by atoms with Crippen LogP contribution in [-0.4, -0.2) is 31.7 Å². The summed E-state index contributed by atoms with van der Waals surface area (Å²) in [6, 6.07) is 29.2. The van der Waals surface area contributed by atoms with E-state index >= 15 is 0 Å². The molecule has 0 fully saturated rings. The fourth-order valence-corrected chi connectivity index (χ4v) is 5.30. The first-order valence-electron chi connectivity index (χ1n) is 12.6. The number of anilines is 1. The summed E-state index contributed by atoms with van der Waals surface area (Å²) in [5.74, 6) is 1.15. The zero-order valence-corrected chi connectivity index (χ0v) is 23.2. The molecule has 0 aliphatic rings. The summed E-state index contributed by atoms with van der Waals surface area (Å²) in [6.45, 7) is 0.834. The number of nitrogens with zero attached hydrogens (tertiary/aromatic N) is 1. The number of carbonyl (C=O) groups excluding carboxylic acids is 1. The van der Waals surface area contributed by atoms with Gasteiger partial charge in [-0.05, 0) is 69.4 Å². The number of carbonyl (C=O) groups is 1. The number of rotatable bonds is 8. The van der Waals surface area contributed by atoms with Crippen molar-refractivity contribution in [3.63, 3.8) is 0 Å². The second-order valence-corrected chi connectivity index (χ2v) is 10.0. The van der Waals surface area contributed by atoms with Crippen molar-refractivity contribution < 1.29 is 14.3 Å². The van der Waals surface area contributed by atoms with E-state index in [2.05, 4.69) is 35.6 Å². The molecule has 0 bridgehead atoms. The van der Waals surface area contributed by atoms with Gasteiger partial charge >= 0.3 is 6.03 Å². The minimum atomic E-state index is -0.249. The Hall–Kier alpha value is -3.93. The Labute approximate surface area is 237 Å². The standard InChI is InChI=1S/C32H28Cl2N2O3/c1-38-25-13-14-30(31(19-25)39-2)35-32(37)36(16-15-21-11-12-24(33)18-29(21)34)20-28-26-9-5-3-7-22(26)17-23-8-4-6-10-27(23)28/h3-14,17-19H,15-16,20H2,1-2H3,(H,35,37). The molecule has 0 unspecified atom stereocenters. The average Bonchev–Trinajstić information content (AvgIpc) is 2.95. The van der Waals surface area contributed by atoms with Gasteiger partial charge in [0, 0.05) is 29.2 Å². The van der Waals surface area contributed by atoms with E-state index in [0.717, 1.165) is 32.7 Å². The largest absolute Gasteiger partial charge is 0.497 e. The van der Waals surface area contributed by atoms with E-state index in [-0.39, 0.29) is 6.03 Å². The van der Waals surface area contributed by atoms with E-state index in [1.54, 1.807) is 38.5 Å². The molecule has 0 saturated carbocycles. The summed E-state index contributed by atoms with van der Waals surface area (Å²) in [6.07, 6.45) is 0.561. The van der Waals surface area contributed by atoms with Crippen molar-refractivity contribution in [2.45, 2.75) is 13.0 Å². The molecule has 39 heavy (non-hydrogen) atoms. The normalized spacial score (nSPS) is 11.0. The molecule has 0 aliphatic carbocycles. The van der Waals surface area contributed by atoms with Gasteiger partial charge in [0.05, 0.1) is 19.9 Å². The highest BCUT2D eigenvalue weighted by Crippen LogP contribution is 2.32. The maximum atomic E-state index is 13.8. The van der Waals surface area contributed by atoms with Crippen LogP contribution < -0.4 is 14.8 Å². The molecule has 7 heteroatoms. The third-order valence-electron chi connectivity index (χ3n) is 6.84. The first-order valence-corrected chi connectivity index (χ1v) is 13.3. The van der Waals surface area contributed by atoms with Crippen molar-refractivity contribution in [2.75, 3.05) is 26.1 Å². The van der Waals surface area contributed by atoms with E-state index in [0.29, 0.717) is 46.7 Å². The molecule has 5 rings (SSSR count). The molecule has 0 heterocycles. The smallest absolute Gasteiger partial charge is 0.322 e. The van der Waals surface area contributed by atoms with Gasteiger partial charge in [0.25, 0.3) is 0 Å². The summed E-state index contributed by atoms with van der Waals surface area (Å²) in [5, 5.41) is 8.68. The number of ether oxygens (including phenoxy) is 2. The summed E-state index contributed by atoms with van der Waals surface area (Å²) in [5.41, 5.74) is 2.56. The number of methoxy groups -OCH3 is 2. The molecular weight excluding hydrogens is 531 g/mol. The Bertz CT molecular complexity index is 1600. The Morgan fingerprint density at radius 3 is 2.15 bits per heavy atom. The zero-order chi connectivity index (χ0) is 27.4. The molecule has 0 aliphatic heterocycles. The number of hydrogen-bond acceptors (Lipinski definition) is 3. The molecule has 2 amide bonds. The Morgan fingerprint density at radius 2 is 1.51 bits per heavy atom. The van der Waals surface area contributed by atoms with E-state index in [1.165, 1.54) is 0 Å². The number of amides is 2. The first-order chi connectivity index (χ1) is 19.0. The van der Waals surface area contributed by atoms with Crippen LogP contribution in [0.1, 0.15) is 11.1 Å². The van der Waals surface area contributed by atoms with Gasteiger partial charge in [0.15, 0.2) is 0 Å². The summed E-state index contributed by atoms with van der Waals surface area (Å²) < 4.78 is 10.8. The third-order valence-corrected chi connectivity index (χ3v) is 7.42. The number of hydrogen-bond donors (Lipinski definition) is 1. The molecule has 5 nitrogen and oxygen atoms in total. The molecule has 0 aromatic heterocycles. The average molecular weight is 559 g/mol. The fourth-order valence-electron chi connectivity index (χ4n) is 4.80. The highest BCUT2D eigenvalue weighted by atomic mass is 35.5. The van der Waals surface area contributed by atoms with Crippen LogP contribution in [0.15, 0.2) is 91.0 Å². The summed E-state index contributed by atoms with van der Waals surface area (Å²) in [7, 11) is 3.15. The van der Waals surface area contributed by atoms with Crippen molar-refractivity contribution in [3.05, 3.63) is 112 Å². The quantitative estimate of drug-likeness (QED) is 0.194. The lowest BCUT2D eigenvalue weighted by atomic mass is 9.96. The third kappa shape index (κ3) is 5.90. The molecule has 5 aromatic rings. The summed E-state index contributed by atoms with van der Waals surface area (Å²) >= 11 is 12.6. The monoisotopic (exact) mass is 558 g/mol. The van der Waals surface area contributed by atoms with E-state index in [1.807, 2.05) is 41.3 Å². The Kier molecular flexibility index (Phi) is 8.10. The maximum absolute atomic E-state index is 13.8. The zero-order valence-electron chi connectivity index (χ0n) is 21.7. The van der Waals surface area contributed by atoms with Crippen molar-refractivity contribution in [1.29, 1.82) is 0 Å². The topological polar surface area (TPSA) is 50.8 Å². The predicted octanol–water partition coefficient (Wildman–Crippen LogP) is 8.59. The number of benzene rings is 5. The van der Waals surface area contributed by atoms with Gasteiger partial charge in [-0.1, -0.05) is 77.8 Å². The molecular formula is C32H28Cl2N2O3. The van der Waals surface area contributed by atoms with Crippen LogP contribution in [0.25, 0.3) is 21.5 Å². The van der Waals surface area contributed by atoms with Gasteiger partial charge in [0.1, 0.15) is 11.5 Å². The molecule has 198 valence electrons. The van der Waals surface area contributed by atoms with Crippen molar-refractivity contribution >= 4 is 56.5 Å². The molecule has 5 aromatic carbocycles. The van der Waals surface area contributed by atoms with E-state index in [9.17, 15) is 4.79 Å². The minimum Gasteiger partial charge on any atom is -0.497 e.